The first-order valence-electron chi connectivity index (χ1n) is 4.56. The molecule has 0 spiro atoms. The highest BCUT2D eigenvalue weighted by molar-refractivity contribution is 6.32. The predicted octanol–water partition coefficient (Wildman–Crippen LogP) is 1.01. The van der Waals surface area contributed by atoms with Crippen LogP contribution in [0.2, 0.25) is 5.02 Å². The Kier molecular flexibility index (Phi) is 4.39. The summed E-state index contributed by atoms with van der Waals surface area (Å²) in [6.45, 7) is 1.13. The first-order chi connectivity index (χ1) is 7.09. The van der Waals surface area contributed by atoms with Gasteiger partial charge in [-0.2, -0.15) is 0 Å². The maximum atomic E-state index is 10.4. The van der Waals surface area contributed by atoms with E-state index in [1.54, 1.807) is 12.1 Å². The molecular formula is C10H13ClN2O2. The number of carbonyl (C=O) groups is 1. The van der Waals surface area contributed by atoms with Gasteiger partial charge in [-0.15, -0.1) is 0 Å². The van der Waals surface area contributed by atoms with Crippen LogP contribution in [-0.2, 0) is 11.3 Å². The van der Waals surface area contributed by atoms with Crippen molar-refractivity contribution in [2.45, 2.75) is 13.0 Å². The first kappa shape index (κ1) is 11.8. The summed E-state index contributed by atoms with van der Waals surface area (Å²) in [4.78, 5) is 10.4. The normalized spacial score (nSPS) is 10.2. The van der Waals surface area contributed by atoms with Crippen LogP contribution >= 0.6 is 11.6 Å². The highest BCUT2D eigenvalue weighted by atomic mass is 35.5. The summed E-state index contributed by atoms with van der Waals surface area (Å²) >= 11 is 5.73. The predicted molar refractivity (Wildman–Crippen MR) is 58.6 cm³/mol. The number of amides is 1. The summed E-state index contributed by atoms with van der Waals surface area (Å²) in [5, 5.41) is 12.5. The van der Waals surface area contributed by atoms with Crippen LogP contribution in [-0.4, -0.2) is 17.6 Å². The fourth-order valence-electron chi connectivity index (χ4n) is 1.10. The molecule has 0 saturated heterocycles. The van der Waals surface area contributed by atoms with Crippen LogP contribution in [0.4, 0.5) is 0 Å². The Labute approximate surface area is 93.0 Å². The van der Waals surface area contributed by atoms with E-state index in [9.17, 15) is 9.90 Å². The first-order valence-corrected chi connectivity index (χ1v) is 4.94. The molecule has 1 rings (SSSR count). The number of hydrogen-bond donors (Lipinski definition) is 3. The zero-order valence-corrected chi connectivity index (χ0v) is 8.92. The summed E-state index contributed by atoms with van der Waals surface area (Å²) in [5.74, 6) is -0.260. The molecule has 0 atom stereocenters. The van der Waals surface area contributed by atoms with Crippen molar-refractivity contribution in [3.63, 3.8) is 0 Å². The van der Waals surface area contributed by atoms with Crippen molar-refractivity contribution in [1.29, 1.82) is 0 Å². The molecule has 1 aromatic carbocycles. The van der Waals surface area contributed by atoms with E-state index in [1.165, 1.54) is 6.07 Å². The van der Waals surface area contributed by atoms with Gasteiger partial charge in [0.25, 0.3) is 0 Å². The second-order valence-corrected chi connectivity index (χ2v) is 3.59. The minimum atomic E-state index is -0.328. The van der Waals surface area contributed by atoms with Gasteiger partial charge >= 0.3 is 0 Å². The number of primary amides is 1. The van der Waals surface area contributed by atoms with Crippen molar-refractivity contribution in [3.05, 3.63) is 28.8 Å². The summed E-state index contributed by atoms with van der Waals surface area (Å²) in [5.41, 5.74) is 5.93. The lowest BCUT2D eigenvalue weighted by Gasteiger charge is -2.04. The number of nitrogens with two attached hydrogens (primary N) is 1. The van der Waals surface area contributed by atoms with E-state index in [-0.39, 0.29) is 11.7 Å². The van der Waals surface area contributed by atoms with Crippen LogP contribution in [0.1, 0.15) is 12.0 Å². The van der Waals surface area contributed by atoms with E-state index in [1.807, 2.05) is 0 Å². The third kappa shape index (κ3) is 4.18. The number of phenols is 1. The van der Waals surface area contributed by atoms with E-state index >= 15 is 0 Å². The SMILES string of the molecule is NC(=O)CCNCc1ccc(O)c(Cl)c1. The maximum Gasteiger partial charge on any atom is 0.218 e. The summed E-state index contributed by atoms with van der Waals surface area (Å²) in [7, 11) is 0. The lowest BCUT2D eigenvalue weighted by atomic mass is 10.2. The van der Waals surface area contributed by atoms with Crippen LogP contribution in [0.15, 0.2) is 18.2 Å². The van der Waals surface area contributed by atoms with Gasteiger partial charge in [0.15, 0.2) is 0 Å². The van der Waals surface area contributed by atoms with Crippen molar-refractivity contribution in [2.75, 3.05) is 6.54 Å². The summed E-state index contributed by atoms with van der Waals surface area (Å²) in [6, 6.07) is 4.97. The van der Waals surface area contributed by atoms with Gasteiger partial charge < -0.3 is 16.2 Å². The smallest absolute Gasteiger partial charge is 0.218 e. The number of halogens is 1. The molecular weight excluding hydrogens is 216 g/mol. The zero-order chi connectivity index (χ0) is 11.3. The van der Waals surface area contributed by atoms with Crippen molar-refractivity contribution in [2.24, 2.45) is 5.73 Å². The number of rotatable bonds is 5. The third-order valence-electron chi connectivity index (χ3n) is 1.89. The van der Waals surface area contributed by atoms with Crippen LogP contribution in [0.3, 0.4) is 0 Å². The van der Waals surface area contributed by atoms with Crippen LogP contribution < -0.4 is 11.1 Å². The fraction of sp³-hybridized carbons (Fsp3) is 0.300. The summed E-state index contributed by atoms with van der Waals surface area (Å²) < 4.78 is 0. The van der Waals surface area contributed by atoms with Gasteiger partial charge in [-0.25, -0.2) is 0 Å². The Morgan fingerprint density at radius 2 is 2.27 bits per heavy atom. The lowest BCUT2D eigenvalue weighted by molar-refractivity contribution is -0.117. The van der Waals surface area contributed by atoms with Gasteiger partial charge in [0.05, 0.1) is 5.02 Å². The van der Waals surface area contributed by atoms with Gasteiger partial charge in [0.1, 0.15) is 5.75 Å². The molecule has 4 nitrogen and oxygen atoms in total. The number of aromatic hydroxyl groups is 1. The minimum Gasteiger partial charge on any atom is -0.506 e. The van der Waals surface area contributed by atoms with E-state index < -0.39 is 0 Å². The van der Waals surface area contributed by atoms with Crippen molar-refractivity contribution < 1.29 is 9.90 Å². The zero-order valence-electron chi connectivity index (χ0n) is 8.16. The van der Waals surface area contributed by atoms with E-state index in [0.29, 0.717) is 24.5 Å². The Morgan fingerprint density at radius 3 is 2.87 bits per heavy atom. The number of nitrogens with one attached hydrogen (secondary N) is 1. The van der Waals surface area contributed by atoms with Crippen LogP contribution in [0, 0.1) is 0 Å². The largest absolute Gasteiger partial charge is 0.506 e. The van der Waals surface area contributed by atoms with Gasteiger partial charge in [-0.05, 0) is 17.7 Å². The minimum absolute atomic E-state index is 0.0672. The Hall–Kier alpha value is -1.26. The molecule has 0 aliphatic heterocycles. The molecule has 0 aromatic heterocycles. The monoisotopic (exact) mass is 228 g/mol. The molecule has 1 amide bonds. The van der Waals surface area contributed by atoms with E-state index in [4.69, 9.17) is 17.3 Å². The number of phenolic OH excluding ortho intramolecular Hbond substituents is 1. The molecule has 0 aliphatic rings. The molecule has 15 heavy (non-hydrogen) atoms. The molecule has 0 heterocycles. The van der Waals surface area contributed by atoms with Crippen molar-refractivity contribution in [1.82, 2.24) is 5.32 Å². The highest BCUT2D eigenvalue weighted by Crippen LogP contribution is 2.23. The fourth-order valence-corrected chi connectivity index (χ4v) is 1.31. The Balaban J connectivity index is 2.38. The van der Waals surface area contributed by atoms with E-state index in [2.05, 4.69) is 5.32 Å². The van der Waals surface area contributed by atoms with Crippen molar-refractivity contribution in [3.8, 4) is 5.75 Å². The average Bonchev–Trinajstić information content (AvgIpc) is 2.18. The molecule has 0 fully saturated rings. The molecule has 0 unspecified atom stereocenters. The molecule has 82 valence electrons. The van der Waals surface area contributed by atoms with Gasteiger partial charge in [-0.3, -0.25) is 4.79 Å². The lowest BCUT2D eigenvalue weighted by Crippen LogP contribution is -2.21. The molecule has 5 heteroatoms. The summed E-state index contributed by atoms with van der Waals surface area (Å²) in [6.07, 6.45) is 0.311. The molecule has 0 aliphatic carbocycles. The van der Waals surface area contributed by atoms with Gasteiger partial charge in [-0.1, -0.05) is 17.7 Å². The number of hydrogen-bond acceptors (Lipinski definition) is 3. The van der Waals surface area contributed by atoms with E-state index in [0.717, 1.165) is 5.56 Å². The highest BCUT2D eigenvalue weighted by Gasteiger charge is 2.00. The second kappa shape index (κ2) is 5.58. The number of carbonyl (C=O) groups excluding carboxylic acids is 1. The number of benzene rings is 1. The van der Waals surface area contributed by atoms with Crippen LogP contribution in [0.5, 0.6) is 5.75 Å². The van der Waals surface area contributed by atoms with Gasteiger partial charge in [0.2, 0.25) is 5.91 Å². The standard InChI is InChI=1S/C10H13ClN2O2/c11-8-5-7(1-2-9(8)14)6-13-4-3-10(12)15/h1-2,5,13-14H,3-4,6H2,(H2,12,15). The average molecular weight is 229 g/mol. The third-order valence-corrected chi connectivity index (χ3v) is 2.19. The topological polar surface area (TPSA) is 75.4 Å². The Bertz CT molecular complexity index is 355. The molecule has 0 radical (unpaired) electrons. The van der Waals surface area contributed by atoms with Gasteiger partial charge in [0, 0.05) is 19.5 Å². The maximum absolute atomic E-state index is 10.4. The quantitative estimate of drug-likeness (QED) is 0.659. The molecule has 1 aromatic rings. The molecule has 0 bridgehead atoms. The molecule has 4 N–H and O–H groups in total. The van der Waals surface area contributed by atoms with Crippen LogP contribution in [0.25, 0.3) is 0 Å². The second-order valence-electron chi connectivity index (χ2n) is 3.18. The Morgan fingerprint density at radius 1 is 1.53 bits per heavy atom. The van der Waals surface area contributed by atoms with Crippen molar-refractivity contribution >= 4 is 17.5 Å². The molecule has 0 saturated carbocycles.